The van der Waals surface area contributed by atoms with Crippen LogP contribution in [0.25, 0.3) is 0 Å². The topological polar surface area (TPSA) is 16.9 Å². The van der Waals surface area contributed by atoms with Gasteiger partial charge in [-0.1, -0.05) is 30.3 Å². The molecule has 0 spiro atoms. The highest BCUT2D eigenvalue weighted by atomic mass is 16.5. The summed E-state index contributed by atoms with van der Waals surface area (Å²) in [6.07, 6.45) is 0. The molecular formula is C19H25N2O+. The maximum Gasteiger partial charge on any atom is 0.128 e. The molecule has 1 fully saturated rings. The molecule has 2 aromatic carbocycles. The van der Waals surface area contributed by atoms with Crippen LogP contribution in [0.1, 0.15) is 12.5 Å². The van der Waals surface area contributed by atoms with E-state index in [1.54, 1.807) is 4.90 Å². The fraction of sp³-hybridized carbons (Fsp3) is 0.368. The van der Waals surface area contributed by atoms with Gasteiger partial charge in [0.25, 0.3) is 0 Å². The number of anilines is 1. The average molecular weight is 297 g/mol. The Bertz CT molecular complexity index is 577. The Morgan fingerprint density at radius 3 is 2.36 bits per heavy atom. The number of quaternary nitrogens is 1. The molecule has 0 bridgehead atoms. The van der Waals surface area contributed by atoms with Crippen molar-refractivity contribution >= 4 is 5.69 Å². The molecule has 0 aliphatic carbocycles. The van der Waals surface area contributed by atoms with Crippen molar-refractivity contribution in [2.45, 2.75) is 13.5 Å². The Hall–Kier alpha value is -2.00. The molecule has 1 N–H and O–H groups in total. The van der Waals surface area contributed by atoms with E-state index in [1.165, 1.54) is 24.3 Å². The Kier molecular flexibility index (Phi) is 4.96. The minimum absolute atomic E-state index is 0.730. The van der Waals surface area contributed by atoms with Crippen molar-refractivity contribution in [1.29, 1.82) is 0 Å². The maximum atomic E-state index is 5.75. The number of rotatable bonds is 5. The molecular weight excluding hydrogens is 272 g/mol. The van der Waals surface area contributed by atoms with Crippen LogP contribution in [0.5, 0.6) is 5.75 Å². The largest absolute Gasteiger partial charge is 0.493 e. The van der Waals surface area contributed by atoms with E-state index in [-0.39, 0.29) is 0 Å². The van der Waals surface area contributed by atoms with Crippen LogP contribution in [-0.4, -0.2) is 32.8 Å². The Labute approximate surface area is 133 Å². The Morgan fingerprint density at radius 1 is 0.955 bits per heavy atom. The summed E-state index contributed by atoms with van der Waals surface area (Å²) in [5.74, 6) is 1.04. The lowest BCUT2D eigenvalue weighted by Gasteiger charge is -2.33. The van der Waals surface area contributed by atoms with Crippen molar-refractivity contribution in [2.75, 3.05) is 37.7 Å². The molecule has 22 heavy (non-hydrogen) atoms. The summed E-state index contributed by atoms with van der Waals surface area (Å²) in [5, 5.41) is 0. The van der Waals surface area contributed by atoms with E-state index in [0.717, 1.165) is 32.0 Å². The van der Waals surface area contributed by atoms with Crippen molar-refractivity contribution in [1.82, 2.24) is 0 Å². The molecule has 0 aromatic heterocycles. The lowest BCUT2D eigenvalue weighted by atomic mass is 10.1. The zero-order valence-electron chi connectivity index (χ0n) is 13.3. The van der Waals surface area contributed by atoms with Crippen LogP contribution in [0.3, 0.4) is 0 Å². The molecule has 1 aliphatic heterocycles. The highest BCUT2D eigenvalue weighted by molar-refractivity contribution is 5.46. The van der Waals surface area contributed by atoms with Gasteiger partial charge in [-0.25, -0.2) is 0 Å². The Balaban J connectivity index is 1.58. The number of hydrogen-bond acceptors (Lipinski definition) is 2. The summed E-state index contributed by atoms with van der Waals surface area (Å²) in [6, 6.07) is 19.2. The molecule has 1 saturated heterocycles. The number of benzene rings is 2. The summed E-state index contributed by atoms with van der Waals surface area (Å²) >= 11 is 0. The quantitative estimate of drug-likeness (QED) is 0.909. The first-order chi connectivity index (χ1) is 10.9. The van der Waals surface area contributed by atoms with Gasteiger partial charge in [-0.2, -0.15) is 0 Å². The van der Waals surface area contributed by atoms with Gasteiger partial charge in [0.05, 0.1) is 32.8 Å². The minimum atomic E-state index is 0.730. The molecule has 0 amide bonds. The first kappa shape index (κ1) is 14.9. The first-order valence-electron chi connectivity index (χ1n) is 8.21. The zero-order chi connectivity index (χ0) is 15.2. The van der Waals surface area contributed by atoms with Gasteiger partial charge in [-0.3, -0.25) is 0 Å². The SMILES string of the molecule is CCOc1ccccc1C[NH+]1CCN(c2ccccc2)CC1. The third-order valence-electron chi connectivity index (χ3n) is 4.30. The fourth-order valence-electron chi connectivity index (χ4n) is 3.11. The van der Waals surface area contributed by atoms with E-state index in [9.17, 15) is 0 Å². The van der Waals surface area contributed by atoms with Crippen molar-refractivity contribution < 1.29 is 9.64 Å². The Morgan fingerprint density at radius 2 is 1.64 bits per heavy atom. The second-order valence-corrected chi connectivity index (χ2v) is 5.79. The van der Waals surface area contributed by atoms with E-state index in [1.807, 2.05) is 6.92 Å². The minimum Gasteiger partial charge on any atom is -0.493 e. The molecule has 0 radical (unpaired) electrons. The van der Waals surface area contributed by atoms with Gasteiger partial charge in [0.1, 0.15) is 12.3 Å². The summed E-state index contributed by atoms with van der Waals surface area (Å²) in [4.78, 5) is 4.12. The normalized spacial score (nSPS) is 15.8. The predicted molar refractivity (Wildman–Crippen MR) is 90.7 cm³/mol. The van der Waals surface area contributed by atoms with E-state index < -0.39 is 0 Å². The van der Waals surface area contributed by atoms with Gasteiger partial charge in [-0.15, -0.1) is 0 Å². The highest BCUT2D eigenvalue weighted by Crippen LogP contribution is 2.17. The van der Waals surface area contributed by atoms with Crippen LogP contribution in [0.4, 0.5) is 5.69 Å². The number of nitrogens with one attached hydrogen (secondary N) is 1. The monoisotopic (exact) mass is 297 g/mol. The van der Waals surface area contributed by atoms with Gasteiger partial charge in [0.15, 0.2) is 0 Å². The molecule has 1 heterocycles. The number of ether oxygens (including phenoxy) is 1. The first-order valence-corrected chi connectivity index (χ1v) is 8.21. The van der Waals surface area contributed by atoms with Crippen molar-refractivity contribution in [3.63, 3.8) is 0 Å². The standard InChI is InChI=1S/C19H24N2O/c1-2-22-19-11-7-6-8-17(19)16-20-12-14-21(15-13-20)18-9-4-3-5-10-18/h3-11H,2,12-16H2,1H3/p+1. The summed E-state index contributed by atoms with van der Waals surface area (Å²) in [6.45, 7) is 8.42. The summed E-state index contributed by atoms with van der Waals surface area (Å²) in [5.41, 5.74) is 2.67. The van der Waals surface area contributed by atoms with E-state index in [2.05, 4.69) is 59.5 Å². The third kappa shape index (κ3) is 3.60. The number of piperazine rings is 1. The molecule has 1 aliphatic rings. The lowest BCUT2D eigenvalue weighted by Crippen LogP contribution is -3.13. The maximum absolute atomic E-state index is 5.75. The molecule has 3 rings (SSSR count). The third-order valence-corrected chi connectivity index (χ3v) is 4.30. The fourth-order valence-corrected chi connectivity index (χ4v) is 3.11. The van der Waals surface area contributed by atoms with Crippen molar-refractivity contribution in [3.8, 4) is 5.75 Å². The van der Waals surface area contributed by atoms with Crippen LogP contribution in [0.15, 0.2) is 54.6 Å². The van der Waals surface area contributed by atoms with E-state index in [0.29, 0.717) is 0 Å². The molecule has 2 aromatic rings. The van der Waals surface area contributed by atoms with Crippen molar-refractivity contribution in [3.05, 3.63) is 60.2 Å². The predicted octanol–water partition coefficient (Wildman–Crippen LogP) is 1.99. The average Bonchev–Trinajstić information content (AvgIpc) is 2.58. The van der Waals surface area contributed by atoms with Crippen LogP contribution in [-0.2, 0) is 6.54 Å². The molecule has 0 unspecified atom stereocenters. The van der Waals surface area contributed by atoms with Crippen LogP contribution in [0.2, 0.25) is 0 Å². The zero-order valence-corrected chi connectivity index (χ0v) is 13.3. The van der Waals surface area contributed by atoms with E-state index >= 15 is 0 Å². The van der Waals surface area contributed by atoms with Gasteiger partial charge >= 0.3 is 0 Å². The van der Waals surface area contributed by atoms with Crippen LogP contribution in [0, 0.1) is 0 Å². The van der Waals surface area contributed by atoms with Crippen LogP contribution >= 0.6 is 0 Å². The van der Waals surface area contributed by atoms with Gasteiger partial charge in [0.2, 0.25) is 0 Å². The van der Waals surface area contributed by atoms with Crippen LogP contribution < -0.4 is 14.5 Å². The smallest absolute Gasteiger partial charge is 0.128 e. The summed E-state index contributed by atoms with van der Waals surface area (Å²) in [7, 11) is 0. The number of hydrogen-bond donors (Lipinski definition) is 1. The second-order valence-electron chi connectivity index (χ2n) is 5.79. The molecule has 3 nitrogen and oxygen atoms in total. The lowest BCUT2D eigenvalue weighted by molar-refractivity contribution is -0.914. The van der Waals surface area contributed by atoms with Gasteiger partial charge in [0, 0.05) is 11.3 Å². The second kappa shape index (κ2) is 7.32. The summed E-state index contributed by atoms with van der Waals surface area (Å²) < 4.78 is 5.75. The molecule has 3 heteroatoms. The molecule has 116 valence electrons. The number of para-hydroxylation sites is 2. The highest BCUT2D eigenvalue weighted by Gasteiger charge is 2.21. The molecule has 0 atom stereocenters. The van der Waals surface area contributed by atoms with E-state index in [4.69, 9.17) is 4.74 Å². The number of nitrogens with zero attached hydrogens (tertiary/aromatic N) is 1. The molecule has 0 saturated carbocycles. The van der Waals surface area contributed by atoms with Gasteiger partial charge < -0.3 is 14.5 Å². The van der Waals surface area contributed by atoms with Crippen molar-refractivity contribution in [2.24, 2.45) is 0 Å². The van der Waals surface area contributed by atoms with Gasteiger partial charge in [-0.05, 0) is 31.2 Å².